The summed E-state index contributed by atoms with van der Waals surface area (Å²) in [4.78, 5) is 4.05. The number of halogens is 3. The van der Waals surface area contributed by atoms with Gasteiger partial charge in [-0.05, 0) is 13.0 Å². The molecule has 0 fully saturated rings. The highest BCUT2D eigenvalue weighted by Crippen LogP contribution is 2.14. The van der Waals surface area contributed by atoms with Crippen LogP contribution in [-0.4, -0.2) is 46.7 Å². The number of hydrogen-bond acceptors (Lipinski definition) is 4. The molecule has 1 rings (SSSR count). The average molecular weight is 280 g/mol. The fourth-order valence-electron chi connectivity index (χ4n) is 1.58. The van der Waals surface area contributed by atoms with Crippen LogP contribution in [0, 0.1) is 0 Å². The van der Waals surface area contributed by atoms with Gasteiger partial charge in [0.25, 0.3) is 0 Å². The van der Waals surface area contributed by atoms with E-state index in [-0.39, 0.29) is 12.6 Å². The number of nitrogens with zero attached hydrogens (tertiary/aromatic N) is 3. The minimum absolute atomic E-state index is 0.00757. The van der Waals surface area contributed by atoms with E-state index in [1.165, 1.54) is 6.33 Å². The van der Waals surface area contributed by atoms with Crippen molar-refractivity contribution in [2.24, 2.45) is 7.05 Å². The molecule has 0 saturated heterocycles. The third-order valence-corrected chi connectivity index (χ3v) is 2.50. The van der Waals surface area contributed by atoms with Crippen LogP contribution < -0.4 is 5.32 Å². The van der Waals surface area contributed by atoms with Gasteiger partial charge in [0.1, 0.15) is 18.8 Å². The standard InChI is InChI=1S/C11H19F3N4O/c1-3-4-15-9(6-19-7-11(12,13)14)5-10-16-8-17-18(10)2/h8-9,15H,3-7H2,1-2H3. The predicted molar refractivity (Wildman–Crippen MR) is 63.7 cm³/mol. The lowest BCUT2D eigenvalue weighted by Gasteiger charge is -2.18. The molecule has 19 heavy (non-hydrogen) atoms. The molecule has 1 heterocycles. The predicted octanol–water partition coefficient (Wildman–Crippen LogP) is 1.30. The van der Waals surface area contributed by atoms with Crippen LogP contribution in [0.2, 0.25) is 0 Å². The van der Waals surface area contributed by atoms with Crippen molar-refractivity contribution in [3.05, 3.63) is 12.2 Å². The van der Waals surface area contributed by atoms with Crippen LogP contribution in [0.1, 0.15) is 19.2 Å². The highest BCUT2D eigenvalue weighted by molar-refractivity contribution is 4.89. The molecule has 110 valence electrons. The van der Waals surface area contributed by atoms with E-state index in [1.807, 2.05) is 6.92 Å². The maximum absolute atomic E-state index is 12.0. The van der Waals surface area contributed by atoms with Crippen LogP contribution in [-0.2, 0) is 18.2 Å². The third-order valence-electron chi connectivity index (χ3n) is 2.50. The molecule has 1 atom stereocenters. The van der Waals surface area contributed by atoms with Crippen LogP contribution >= 0.6 is 0 Å². The van der Waals surface area contributed by atoms with Gasteiger partial charge in [-0.15, -0.1) is 0 Å². The minimum atomic E-state index is -4.29. The fourth-order valence-corrected chi connectivity index (χ4v) is 1.58. The zero-order chi connectivity index (χ0) is 14.3. The Balaban J connectivity index is 2.45. The number of rotatable bonds is 8. The molecule has 1 aromatic rings. The molecule has 0 radical (unpaired) electrons. The molecule has 0 aliphatic rings. The van der Waals surface area contributed by atoms with Gasteiger partial charge < -0.3 is 10.1 Å². The van der Waals surface area contributed by atoms with Gasteiger partial charge in [0.2, 0.25) is 0 Å². The molecule has 5 nitrogen and oxygen atoms in total. The summed E-state index contributed by atoms with van der Waals surface area (Å²) in [6, 6.07) is -0.204. The molecular formula is C11H19F3N4O. The lowest BCUT2D eigenvalue weighted by atomic mass is 10.2. The average Bonchev–Trinajstić information content (AvgIpc) is 2.70. The Morgan fingerprint density at radius 2 is 2.21 bits per heavy atom. The quantitative estimate of drug-likeness (QED) is 0.780. The van der Waals surface area contributed by atoms with Crippen molar-refractivity contribution in [3.63, 3.8) is 0 Å². The van der Waals surface area contributed by atoms with Gasteiger partial charge in [-0.25, -0.2) is 4.98 Å². The summed E-state index contributed by atoms with van der Waals surface area (Å²) >= 11 is 0. The number of alkyl halides is 3. The second kappa shape index (κ2) is 7.44. The van der Waals surface area contributed by atoms with Gasteiger partial charge in [-0.2, -0.15) is 18.3 Å². The number of hydrogen-bond donors (Lipinski definition) is 1. The Hall–Kier alpha value is -1.15. The zero-order valence-corrected chi connectivity index (χ0v) is 11.1. The maximum atomic E-state index is 12.0. The molecule has 1 aromatic heterocycles. The smallest absolute Gasteiger partial charge is 0.370 e. The first-order valence-corrected chi connectivity index (χ1v) is 6.13. The molecule has 0 aliphatic heterocycles. The van der Waals surface area contributed by atoms with E-state index in [0.717, 1.165) is 13.0 Å². The van der Waals surface area contributed by atoms with Crippen molar-refractivity contribution in [3.8, 4) is 0 Å². The summed E-state index contributed by atoms with van der Waals surface area (Å²) in [5, 5.41) is 7.07. The van der Waals surface area contributed by atoms with E-state index in [2.05, 4.69) is 15.4 Å². The summed E-state index contributed by atoms with van der Waals surface area (Å²) in [7, 11) is 1.75. The number of aromatic nitrogens is 3. The fraction of sp³-hybridized carbons (Fsp3) is 0.818. The monoisotopic (exact) mass is 280 g/mol. The van der Waals surface area contributed by atoms with Crippen molar-refractivity contribution in [1.29, 1.82) is 0 Å². The van der Waals surface area contributed by atoms with Gasteiger partial charge in [-0.1, -0.05) is 6.92 Å². The summed E-state index contributed by atoms with van der Waals surface area (Å²) < 4.78 is 42.4. The van der Waals surface area contributed by atoms with Crippen molar-refractivity contribution in [2.45, 2.75) is 32.0 Å². The summed E-state index contributed by atoms with van der Waals surface area (Å²) in [6.07, 6.45) is -1.49. The van der Waals surface area contributed by atoms with E-state index in [0.29, 0.717) is 12.2 Å². The largest absolute Gasteiger partial charge is 0.411 e. The van der Waals surface area contributed by atoms with Crippen molar-refractivity contribution < 1.29 is 17.9 Å². The van der Waals surface area contributed by atoms with Crippen molar-refractivity contribution in [2.75, 3.05) is 19.8 Å². The van der Waals surface area contributed by atoms with Gasteiger partial charge >= 0.3 is 6.18 Å². The Morgan fingerprint density at radius 1 is 1.47 bits per heavy atom. The first-order chi connectivity index (χ1) is 8.92. The van der Waals surface area contributed by atoms with Gasteiger partial charge in [0.15, 0.2) is 0 Å². The SMILES string of the molecule is CCCNC(COCC(F)(F)F)Cc1ncnn1C. The van der Waals surface area contributed by atoms with E-state index in [4.69, 9.17) is 4.74 Å². The molecular weight excluding hydrogens is 261 g/mol. The molecule has 0 aromatic carbocycles. The molecule has 0 amide bonds. The molecule has 0 bridgehead atoms. The molecule has 1 N–H and O–H groups in total. The molecule has 0 aliphatic carbocycles. The lowest BCUT2D eigenvalue weighted by Crippen LogP contribution is -2.37. The third kappa shape index (κ3) is 6.53. The van der Waals surface area contributed by atoms with Crippen LogP contribution in [0.3, 0.4) is 0 Å². The normalized spacial score (nSPS) is 13.7. The van der Waals surface area contributed by atoms with Crippen LogP contribution in [0.25, 0.3) is 0 Å². The van der Waals surface area contributed by atoms with Crippen LogP contribution in [0.15, 0.2) is 6.33 Å². The van der Waals surface area contributed by atoms with E-state index in [9.17, 15) is 13.2 Å². The van der Waals surface area contributed by atoms with Crippen LogP contribution in [0.5, 0.6) is 0 Å². The first kappa shape index (κ1) is 15.9. The maximum Gasteiger partial charge on any atom is 0.411 e. The summed E-state index contributed by atoms with van der Waals surface area (Å²) in [6.45, 7) is 1.48. The topological polar surface area (TPSA) is 52.0 Å². The molecule has 0 saturated carbocycles. The van der Waals surface area contributed by atoms with Crippen molar-refractivity contribution in [1.82, 2.24) is 20.1 Å². The number of ether oxygens (including phenoxy) is 1. The zero-order valence-electron chi connectivity index (χ0n) is 11.1. The van der Waals surface area contributed by atoms with Gasteiger partial charge in [-0.3, -0.25) is 4.68 Å². The first-order valence-electron chi connectivity index (χ1n) is 6.13. The summed E-state index contributed by atoms with van der Waals surface area (Å²) in [5.74, 6) is 0.712. The molecule has 0 spiro atoms. The Morgan fingerprint density at radius 3 is 2.74 bits per heavy atom. The highest BCUT2D eigenvalue weighted by Gasteiger charge is 2.28. The van der Waals surface area contributed by atoms with Crippen LogP contribution in [0.4, 0.5) is 13.2 Å². The summed E-state index contributed by atoms with van der Waals surface area (Å²) in [5.41, 5.74) is 0. The second-order valence-electron chi connectivity index (χ2n) is 4.29. The van der Waals surface area contributed by atoms with Gasteiger partial charge in [0.05, 0.1) is 6.61 Å². The van der Waals surface area contributed by atoms with Crippen molar-refractivity contribution >= 4 is 0 Å². The second-order valence-corrected chi connectivity index (χ2v) is 4.29. The van der Waals surface area contributed by atoms with E-state index < -0.39 is 12.8 Å². The molecule has 8 heteroatoms. The minimum Gasteiger partial charge on any atom is -0.370 e. The highest BCUT2D eigenvalue weighted by atomic mass is 19.4. The number of aryl methyl sites for hydroxylation is 1. The van der Waals surface area contributed by atoms with Gasteiger partial charge in [0, 0.05) is 19.5 Å². The molecule has 1 unspecified atom stereocenters. The Kier molecular flexibility index (Phi) is 6.23. The number of nitrogens with one attached hydrogen (secondary N) is 1. The lowest BCUT2D eigenvalue weighted by molar-refractivity contribution is -0.175. The van der Waals surface area contributed by atoms with E-state index in [1.54, 1.807) is 11.7 Å². The Bertz CT molecular complexity index is 367. The Labute approximate surface area is 110 Å². The van der Waals surface area contributed by atoms with E-state index >= 15 is 0 Å².